The fourth-order valence-corrected chi connectivity index (χ4v) is 2.91. The summed E-state index contributed by atoms with van der Waals surface area (Å²) in [6, 6.07) is 10.2. The average molecular weight is 396 g/mol. The van der Waals surface area contributed by atoms with Crippen LogP contribution in [0, 0.1) is 5.82 Å². The van der Waals surface area contributed by atoms with Crippen molar-refractivity contribution in [3.8, 4) is 5.75 Å². The number of rotatable bonds is 6. The van der Waals surface area contributed by atoms with Gasteiger partial charge < -0.3 is 5.11 Å². The van der Waals surface area contributed by atoms with E-state index in [1.807, 2.05) is 6.92 Å². The van der Waals surface area contributed by atoms with Crippen LogP contribution in [0.5, 0.6) is 5.75 Å². The first-order valence-corrected chi connectivity index (χ1v) is 9.25. The van der Waals surface area contributed by atoms with E-state index in [4.69, 9.17) is 0 Å². The van der Waals surface area contributed by atoms with Crippen LogP contribution in [0.15, 0.2) is 52.4 Å². The number of nitrogens with one attached hydrogen (secondary N) is 1. The maximum Gasteiger partial charge on any atom is 0.292 e. The van der Waals surface area contributed by atoms with Crippen molar-refractivity contribution in [2.24, 2.45) is 5.10 Å². The van der Waals surface area contributed by atoms with Gasteiger partial charge in [-0.25, -0.2) is 14.5 Å². The second kappa shape index (κ2) is 8.64. The molecule has 1 amide bonds. The van der Waals surface area contributed by atoms with E-state index in [1.165, 1.54) is 17.7 Å². The summed E-state index contributed by atoms with van der Waals surface area (Å²) in [6.45, 7) is 3.93. The molecule has 0 aliphatic carbocycles. The molecule has 0 radical (unpaired) electrons. The van der Waals surface area contributed by atoms with Gasteiger partial charge in [-0.05, 0) is 37.6 Å². The molecule has 0 spiro atoms. The molecule has 0 fully saturated rings. The zero-order valence-electron chi connectivity index (χ0n) is 16.1. The van der Waals surface area contributed by atoms with E-state index in [-0.39, 0.29) is 28.3 Å². The van der Waals surface area contributed by atoms with Crippen molar-refractivity contribution in [3.05, 3.63) is 69.9 Å². The molecule has 2 N–H and O–H groups in total. The Bertz CT molecular complexity index is 1150. The summed E-state index contributed by atoms with van der Waals surface area (Å²) in [7, 11) is 0. The minimum absolute atomic E-state index is 0.0660. The largest absolute Gasteiger partial charge is 0.507 e. The zero-order chi connectivity index (χ0) is 21.0. The third-order valence-corrected chi connectivity index (χ3v) is 4.48. The molecule has 0 bridgehead atoms. The monoisotopic (exact) mass is 396 g/mol. The Morgan fingerprint density at radius 1 is 1.24 bits per heavy atom. The second-order valence-corrected chi connectivity index (χ2v) is 6.58. The molecule has 150 valence electrons. The molecule has 3 aromatic rings. The molecule has 0 atom stereocenters. The number of carbonyl (C=O) groups is 1. The standard InChI is InChI=1S/C21H21FN4O3/c1-3-4-11-26-21(29)16-8-6-5-7-15(16)19(25-26)20(28)24-23-13(2)17-12-14(22)9-10-18(17)27/h5-10,12,27H,3-4,11H2,1-2H3,(H,24,28). The van der Waals surface area contributed by atoms with Gasteiger partial charge in [0.05, 0.1) is 11.1 Å². The van der Waals surface area contributed by atoms with Crippen LogP contribution in [0.1, 0.15) is 42.7 Å². The lowest BCUT2D eigenvalue weighted by Gasteiger charge is -2.10. The van der Waals surface area contributed by atoms with Gasteiger partial charge in [0.25, 0.3) is 11.5 Å². The van der Waals surface area contributed by atoms with Gasteiger partial charge in [-0.15, -0.1) is 0 Å². The van der Waals surface area contributed by atoms with E-state index >= 15 is 0 Å². The van der Waals surface area contributed by atoms with Crippen LogP contribution in [0.3, 0.4) is 0 Å². The number of halogens is 1. The fourth-order valence-electron chi connectivity index (χ4n) is 2.91. The molecule has 3 rings (SSSR count). The lowest BCUT2D eigenvalue weighted by Crippen LogP contribution is -2.29. The van der Waals surface area contributed by atoms with Crippen LogP contribution in [-0.4, -0.2) is 26.5 Å². The number of hydrogen-bond acceptors (Lipinski definition) is 5. The van der Waals surface area contributed by atoms with Gasteiger partial charge in [0.1, 0.15) is 11.6 Å². The number of phenolic OH excluding ortho intramolecular Hbond substituents is 1. The zero-order valence-corrected chi connectivity index (χ0v) is 16.1. The van der Waals surface area contributed by atoms with Gasteiger partial charge in [0, 0.05) is 17.5 Å². The number of aryl methyl sites for hydroxylation is 1. The average Bonchev–Trinajstić information content (AvgIpc) is 2.73. The summed E-state index contributed by atoms with van der Waals surface area (Å²) in [5, 5.41) is 18.9. The maximum absolute atomic E-state index is 13.4. The Balaban J connectivity index is 1.97. The van der Waals surface area contributed by atoms with Crippen LogP contribution in [0.25, 0.3) is 10.8 Å². The summed E-state index contributed by atoms with van der Waals surface area (Å²) in [5.41, 5.74) is 2.57. The number of benzene rings is 2. The molecule has 8 heteroatoms. The maximum atomic E-state index is 13.4. The van der Waals surface area contributed by atoms with Crippen LogP contribution in [-0.2, 0) is 6.54 Å². The highest BCUT2D eigenvalue weighted by molar-refractivity contribution is 6.06. The first-order chi connectivity index (χ1) is 13.9. The Morgan fingerprint density at radius 3 is 2.69 bits per heavy atom. The number of fused-ring (bicyclic) bond motifs is 1. The Morgan fingerprint density at radius 2 is 1.97 bits per heavy atom. The van der Waals surface area contributed by atoms with Crippen molar-refractivity contribution in [3.63, 3.8) is 0 Å². The Labute approximate surface area is 166 Å². The molecular formula is C21H21FN4O3. The molecule has 0 aliphatic rings. The lowest BCUT2D eigenvalue weighted by atomic mass is 10.1. The van der Waals surface area contributed by atoms with Crippen molar-refractivity contribution >= 4 is 22.4 Å². The number of aromatic hydroxyl groups is 1. The highest BCUT2D eigenvalue weighted by Gasteiger charge is 2.16. The smallest absolute Gasteiger partial charge is 0.292 e. The fraction of sp³-hybridized carbons (Fsp3) is 0.238. The molecule has 2 aromatic carbocycles. The second-order valence-electron chi connectivity index (χ2n) is 6.58. The number of carbonyl (C=O) groups excluding carboxylic acids is 1. The predicted octanol–water partition coefficient (Wildman–Crippen LogP) is 3.20. The van der Waals surface area contributed by atoms with E-state index in [1.54, 1.807) is 24.3 Å². The Hall–Kier alpha value is -3.55. The third kappa shape index (κ3) is 4.31. The number of hydrogen-bond donors (Lipinski definition) is 2. The highest BCUT2D eigenvalue weighted by atomic mass is 19.1. The number of hydrazone groups is 1. The van der Waals surface area contributed by atoms with E-state index in [0.29, 0.717) is 17.3 Å². The van der Waals surface area contributed by atoms with Crippen LogP contribution in [0.2, 0.25) is 0 Å². The number of aromatic nitrogens is 2. The highest BCUT2D eigenvalue weighted by Crippen LogP contribution is 2.19. The molecule has 0 saturated carbocycles. The van der Waals surface area contributed by atoms with Gasteiger partial charge in [0.15, 0.2) is 5.69 Å². The van der Waals surface area contributed by atoms with Crippen LogP contribution < -0.4 is 11.0 Å². The molecule has 0 unspecified atom stereocenters. The van der Waals surface area contributed by atoms with Crippen molar-refractivity contribution in [1.82, 2.24) is 15.2 Å². The summed E-state index contributed by atoms with van der Waals surface area (Å²) in [5.74, 6) is -1.30. The van der Waals surface area contributed by atoms with Gasteiger partial charge in [-0.1, -0.05) is 31.5 Å². The van der Waals surface area contributed by atoms with Crippen molar-refractivity contribution < 1.29 is 14.3 Å². The number of unbranched alkanes of at least 4 members (excludes halogenated alkanes) is 1. The van der Waals surface area contributed by atoms with E-state index in [0.717, 1.165) is 25.0 Å². The molecule has 29 heavy (non-hydrogen) atoms. The Kier molecular flexibility index (Phi) is 6.01. The summed E-state index contributed by atoms with van der Waals surface area (Å²) in [4.78, 5) is 25.4. The first-order valence-electron chi connectivity index (χ1n) is 9.25. The van der Waals surface area contributed by atoms with Gasteiger partial charge in [-0.2, -0.15) is 10.2 Å². The molecule has 1 aromatic heterocycles. The van der Waals surface area contributed by atoms with Crippen molar-refractivity contribution in [1.29, 1.82) is 0 Å². The molecule has 1 heterocycles. The molecule has 7 nitrogen and oxygen atoms in total. The number of phenols is 1. The number of nitrogens with zero attached hydrogens (tertiary/aromatic N) is 3. The van der Waals surface area contributed by atoms with Gasteiger partial charge in [0.2, 0.25) is 0 Å². The van der Waals surface area contributed by atoms with Gasteiger partial charge >= 0.3 is 0 Å². The number of amides is 1. The van der Waals surface area contributed by atoms with Crippen LogP contribution >= 0.6 is 0 Å². The normalized spacial score (nSPS) is 11.6. The topological polar surface area (TPSA) is 96.6 Å². The quantitative estimate of drug-likeness (QED) is 0.494. The van der Waals surface area contributed by atoms with Crippen LogP contribution in [0.4, 0.5) is 4.39 Å². The molecule has 0 saturated heterocycles. The van der Waals surface area contributed by atoms with Crippen molar-refractivity contribution in [2.45, 2.75) is 33.2 Å². The summed E-state index contributed by atoms with van der Waals surface area (Å²) < 4.78 is 14.7. The summed E-state index contributed by atoms with van der Waals surface area (Å²) >= 11 is 0. The third-order valence-electron chi connectivity index (χ3n) is 4.48. The SMILES string of the molecule is CCCCn1nc(C(=O)NN=C(C)c2cc(F)ccc2O)c2ccccc2c1=O. The first kappa shape index (κ1) is 20.2. The molecular weight excluding hydrogens is 375 g/mol. The summed E-state index contributed by atoms with van der Waals surface area (Å²) in [6.07, 6.45) is 1.63. The van der Waals surface area contributed by atoms with Crippen molar-refractivity contribution in [2.75, 3.05) is 0 Å². The minimum atomic E-state index is -0.610. The van der Waals surface area contributed by atoms with E-state index in [9.17, 15) is 19.1 Å². The predicted molar refractivity (Wildman–Crippen MR) is 109 cm³/mol. The van der Waals surface area contributed by atoms with E-state index < -0.39 is 11.7 Å². The van der Waals surface area contributed by atoms with Gasteiger partial charge in [-0.3, -0.25) is 9.59 Å². The minimum Gasteiger partial charge on any atom is -0.507 e. The van der Waals surface area contributed by atoms with E-state index in [2.05, 4.69) is 15.6 Å². The lowest BCUT2D eigenvalue weighted by molar-refractivity contribution is 0.0949. The molecule has 0 aliphatic heterocycles.